The highest BCUT2D eigenvalue weighted by atomic mass is 19.4. The Kier molecular flexibility index (Phi) is 4.62. The van der Waals surface area contributed by atoms with Gasteiger partial charge in [-0.15, -0.1) is 0 Å². The number of nitrogens with zero attached hydrogens (tertiary/aromatic N) is 2. The van der Waals surface area contributed by atoms with Crippen LogP contribution >= 0.6 is 0 Å². The molecule has 176 valence electrons. The van der Waals surface area contributed by atoms with Gasteiger partial charge in [0, 0.05) is 12.0 Å². The van der Waals surface area contributed by atoms with Gasteiger partial charge in [-0.2, -0.15) is 18.3 Å². The minimum Gasteiger partial charge on any atom is -0.363 e. The number of aromatic nitrogens is 2. The van der Waals surface area contributed by atoms with Gasteiger partial charge >= 0.3 is 6.18 Å². The summed E-state index contributed by atoms with van der Waals surface area (Å²) in [7, 11) is 0. The first-order valence-electron chi connectivity index (χ1n) is 12.0. The Hall–Kier alpha value is -2.51. The van der Waals surface area contributed by atoms with Crippen molar-refractivity contribution in [3.63, 3.8) is 0 Å². The Labute approximate surface area is 191 Å². The Balaban J connectivity index is 1.32. The van der Waals surface area contributed by atoms with E-state index in [9.17, 15) is 18.0 Å². The fourth-order valence-electron chi connectivity index (χ4n) is 7.48. The molecule has 5 aliphatic rings. The fourth-order valence-corrected chi connectivity index (χ4v) is 7.48. The van der Waals surface area contributed by atoms with Gasteiger partial charge in [-0.3, -0.25) is 4.79 Å². The molecule has 4 bridgehead atoms. The minimum atomic E-state index is -4.46. The standard InChI is InChI=1S/C25H29F3N4O/c1-14-4-2-3-5-18(14)20-9-21(25(26,27)28)32-22(30-20)19(13-29-32)23(33)31-24-10-15-6-16(11-24)8-17(7-15)12-24/h2-5,13,15-17,20-21,30H,6-12H2,1H3,(H,31,33)/t15?,16?,17?,20-,21+,24?/m0/s1. The van der Waals surface area contributed by atoms with Crippen LogP contribution < -0.4 is 10.6 Å². The van der Waals surface area contributed by atoms with Crippen molar-refractivity contribution in [1.29, 1.82) is 0 Å². The van der Waals surface area contributed by atoms with Gasteiger partial charge in [0.2, 0.25) is 0 Å². The highest BCUT2D eigenvalue weighted by molar-refractivity contribution is 5.99. The van der Waals surface area contributed by atoms with Gasteiger partial charge in [-0.25, -0.2) is 4.68 Å². The third-order valence-electron chi connectivity index (χ3n) is 8.46. The molecule has 0 unspecified atom stereocenters. The van der Waals surface area contributed by atoms with E-state index in [0.717, 1.165) is 35.1 Å². The van der Waals surface area contributed by atoms with Gasteiger partial charge < -0.3 is 10.6 Å². The number of alkyl halides is 3. The van der Waals surface area contributed by atoms with Crippen LogP contribution in [0, 0.1) is 24.7 Å². The first-order valence-corrected chi connectivity index (χ1v) is 12.0. The zero-order chi connectivity index (χ0) is 23.0. The van der Waals surface area contributed by atoms with Crippen LogP contribution in [0.5, 0.6) is 0 Å². The summed E-state index contributed by atoms with van der Waals surface area (Å²) in [6.07, 6.45) is 3.39. The average Bonchev–Trinajstić information content (AvgIpc) is 3.15. The third kappa shape index (κ3) is 3.53. The Morgan fingerprint density at radius 3 is 2.33 bits per heavy atom. The van der Waals surface area contributed by atoms with Crippen molar-refractivity contribution in [2.24, 2.45) is 17.8 Å². The molecule has 1 aliphatic heterocycles. The molecular formula is C25H29F3N4O. The highest BCUT2D eigenvalue weighted by Crippen LogP contribution is 2.56. The SMILES string of the molecule is Cc1ccccc1[C@@H]1C[C@H](C(F)(F)F)n2ncc(C(=O)NC34CC5CC(CC(C5)C3)C4)c2N1. The largest absolute Gasteiger partial charge is 0.410 e. The summed E-state index contributed by atoms with van der Waals surface area (Å²) in [5.41, 5.74) is 1.72. The zero-order valence-electron chi connectivity index (χ0n) is 18.7. The number of amides is 1. The number of rotatable bonds is 3. The van der Waals surface area contributed by atoms with Crippen molar-refractivity contribution in [2.75, 3.05) is 5.32 Å². The normalized spacial score (nSPS) is 34.6. The van der Waals surface area contributed by atoms with Crippen LogP contribution in [0.3, 0.4) is 0 Å². The first-order chi connectivity index (χ1) is 15.7. The second kappa shape index (κ2) is 7.24. The number of carbonyl (C=O) groups is 1. The van der Waals surface area contributed by atoms with E-state index in [1.54, 1.807) is 0 Å². The number of halogens is 3. The molecule has 2 atom stereocenters. The molecule has 33 heavy (non-hydrogen) atoms. The van der Waals surface area contributed by atoms with E-state index in [-0.39, 0.29) is 29.2 Å². The quantitative estimate of drug-likeness (QED) is 0.634. The Morgan fingerprint density at radius 2 is 1.73 bits per heavy atom. The lowest BCUT2D eigenvalue weighted by Gasteiger charge is -2.56. The van der Waals surface area contributed by atoms with E-state index in [1.165, 1.54) is 25.5 Å². The Morgan fingerprint density at radius 1 is 1.09 bits per heavy atom. The lowest BCUT2D eigenvalue weighted by atomic mass is 9.53. The maximum atomic E-state index is 14.0. The molecule has 2 aromatic rings. The molecule has 2 N–H and O–H groups in total. The molecule has 0 spiro atoms. The van der Waals surface area contributed by atoms with E-state index >= 15 is 0 Å². The molecule has 1 aromatic carbocycles. The second-order valence-electron chi connectivity index (χ2n) is 10.9. The summed E-state index contributed by atoms with van der Waals surface area (Å²) >= 11 is 0. The van der Waals surface area contributed by atoms with Crippen LogP contribution in [0.4, 0.5) is 19.0 Å². The predicted octanol–water partition coefficient (Wildman–Crippen LogP) is 5.55. The van der Waals surface area contributed by atoms with Gasteiger partial charge in [0.05, 0.1) is 12.2 Å². The first kappa shape index (κ1) is 21.1. The molecule has 7 rings (SSSR count). The minimum absolute atomic E-state index is 0.166. The van der Waals surface area contributed by atoms with Gasteiger partial charge in [-0.1, -0.05) is 24.3 Å². The molecule has 5 nitrogen and oxygen atoms in total. The molecular weight excluding hydrogens is 429 g/mol. The molecule has 1 amide bonds. The van der Waals surface area contributed by atoms with E-state index in [0.29, 0.717) is 17.8 Å². The van der Waals surface area contributed by atoms with E-state index in [4.69, 9.17) is 0 Å². The van der Waals surface area contributed by atoms with Crippen LogP contribution in [0.2, 0.25) is 0 Å². The van der Waals surface area contributed by atoms with Crippen molar-refractivity contribution in [1.82, 2.24) is 15.1 Å². The van der Waals surface area contributed by atoms with E-state index in [1.807, 2.05) is 31.2 Å². The summed E-state index contributed by atoms with van der Waals surface area (Å²) in [6.45, 7) is 1.90. The summed E-state index contributed by atoms with van der Waals surface area (Å²) < 4.78 is 43.0. The van der Waals surface area contributed by atoms with Crippen LogP contribution in [0.25, 0.3) is 0 Å². The molecule has 0 radical (unpaired) electrons. The summed E-state index contributed by atoms with van der Waals surface area (Å²) in [5, 5.41) is 10.6. The van der Waals surface area contributed by atoms with Crippen molar-refractivity contribution < 1.29 is 18.0 Å². The van der Waals surface area contributed by atoms with Crippen molar-refractivity contribution in [3.05, 3.63) is 47.2 Å². The van der Waals surface area contributed by atoms with E-state index in [2.05, 4.69) is 15.7 Å². The van der Waals surface area contributed by atoms with Crippen molar-refractivity contribution in [3.8, 4) is 0 Å². The molecule has 0 saturated heterocycles. The number of aryl methyl sites for hydroxylation is 1. The summed E-state index contributed by atoms with van der Waals surface area (Å²) in [6, 6.07) is 5.12. The number of fused-ring (bicyclic) bond motifs is 1. The zero-order valence-corrected chi connectivity index (χ0v) is 18.7. The predicted molar refractivity (Wildman–Crippen MR) is 118 cm³/mol. The lowest BCUT2D eigenvalue weighted by molar-refractivity contribution is -0.173. The number of hydrogen-bond donors (Lipinski definition) is 2. The average molecular weight is 459 g/mol. The number of hydrogen-bond acceptors (Lipinski definition) is 3. The number of anilines is 1. The maximum Gasteiger partial charge on any atom is 0.410 e. The molecule has 1 aromatic heterocycles. The summed E-state index contributed by atoms with van der Waals surface area (Å²) in [5.74, 6) is 1.85. The van der Waals surface area contributed by atoms with Gasteiger partial charge in [-0.05, 0) is 74.3 Å². The van der Waals surface area contributed by atoms with Gasteiger partial charge in [0.25, 0.3) is 5.91 Å². The molecule has 8 heteroatoms. The molecule has 2 heterocycles. The third-order valence-corrected chi connectivity index (χ3v) is 8.46. The fraction of sp³-hybridized carbons (Fsp3) is 0.600. The van der Waals surface area contributed by atoms with E-state index < -0.39 is 18.3 Å². The van der Waals surface area contributed by atoms with Gasteiger partial charge in [0.15, 0.2) is 6.04 Å². The lowest BCUT2D eigenvalue weighted by Crippen LogP contribution is -2.59. The van der Waals surface area contributed by atoms with Crippen molar-refractivity contribution >= 4 is 11.7 Å². The van der Waals surface area contributed by atoms with Crippen LogP contribution in [-0.4, -0.2) is 27.4 Å². The van der Waals surface area contributed by atoms with Crippen molar-refractivity contribution in [2.45, 2.75) is 75.7 Å². The van der Waals surface area contributed by atoms with Crippen LogP contribution in [0.1, 0.15) is 78.5 Å². The second-order valence-corrected chi connectivity index (χ2v) is 10.9. The summed E-state index contributed by atoms with van der Waals surface area (Å²) in [4.78, 5) is 13.4. The number of carbonyl (C=O) groups excluding carboxylic acids is 1. The highest BCUT2D eigenvalue weighted by Gasteiger charge is 2.52. The number of benzene rings is 1. The smallest absolute Gasteiger partial charge is 0.363 e. The molecule has 4 saturated carbocycles. The van der Waals surface area contributed by atoms with Gasteiger partial charge in [0.1, 0.15) is 11.4 Å². The maximum absolute atomic E-state index is 14.0. The van der Waals surface area contributed by atoms with Crippen LogP contribution in [0.15, 0.2) is 30.5 Å². The monoisotopic (exact) mass is 458 g/mol. The molecule has 4 fully saturated rings. The topological polar surface area (TPSA) is 59.0 Å². The molecule has 4 aliphatic carbocycles. The Bertz CT molecular complexity index is 1060. The number of nitrogens with one attached hydrogen (secondary N) is 2. The van der Waals surface area contributed by atoms with Crippen LogP contribution in [-0.2, 0) is 0 Å².